The lowest BCUT2D eigenvalue weighted by Gasteiger charge is -2.32. The molecule has 4 aromatic rings. The smallest absolute Gasteiger partial charge is 0.126 e. The first-order valence-corrected chi connectivity index (χ1v) is 12.1. The quantitative estimate of drug-likeness (QED) is 0.246. The van der Waals surface area contributed by atoms with Gasteiger partial charge in [-0.15, -0.1) is 23.1 Å². The molecule has 0 saturated carbocycles. The monoisotopic (exact) mass is 485 g/mol. The zero-order valence-corrected chi connectivity index (χ0v) is 19.7. The second kappa shape index (κ2) is 7.30. The lowest BCUT2D eigenvalue weighted by Crippen LogP contribution is -2.32. The van der Waals surface area contributed by atoms with Crippen LogP contribution in [0.2, 0.25) is 0 Å². The van der Waals surface area contributed by atoms with E-state index in [1.807, 2.05) is 0 Å². The Morgan fingerprint density at radius 3 is 2.76 bits per heavy atom. The number of nitrogens with zero attached hydrogens (tertiary/aromatic N) is 3. The Morgan fingerprint density at radius 2 is 1.97 bits per heavy atom. The summed E-state index contributed by atoms with van der Waals surface area (Å²) < 4.78 is 8.28. The zero-order chi connectivity index (χ0) is 20.2. The fourth-order valence-electron chi connectivity index (χ4n) is 3.78. The minimum Gasteiger partial charge on any atom is -0.370 e. The molecule has 1 aromatic carbocycles. The van der Waals surface area contributed by atoms with E-state index in [-0.39, 0.29) is 5.60 Å². The van der Waals surface area contributed by atoms with Gasteiger partial charge in [0.15, 0.2) is 0 Å². The maximum atomic E-state index is 6.05. The number of halogens is 1. The van der Waals surface area contributed by atoms with Gasteiger partial charge in [-0.1, -0.05) is 28.1 Å². The third-order valence-corrected chi connectivity index (χ3v) is 8.09. The SMILES string of the molecule is Cc1nc2sc3c(SCc4ccc(Br)cc4)ncnc3c2c2c1COC(C)(C)C2. The van der Waals surface area contributed by atoms with E-state index in [1.165, 1.54) is 22.1 Å². The molecule has 0 atom stereocenters. The van der Waals surface area contributed by atoms with Gasteiger partial charge in [0.25, 0.3) is 0 Å². The molecular weight excluding hydrogens is 466 g/mol. The number of fused-ring (bicyclic) bond motifs is 5. The molecule has 0 unspecified atom stereocenters. The molecule has 0 amide bonds. The van der Waals surface area contributed by atoms with Gasteiger partial charge in [-0.05, 0) is 44.0 Å². The number of thioether (sulfide) groups is 1. The minimum absolute atomic E-state index is 0.172. The van der Waals surface area contributed by atoms with Crippen LogP contribution < -0.4 is 0 Å². The summed E-state index contributed by atoms with van der Waals surface area (Å²) in [7, 11) is 0. The van der Waals surface area contributed by atoms with Crippen LogP contribution in [0.5, 0.6) is 0 Å². The van der Waals surface area contributed by atoms with Crippen molar-refractivity contribution in [1.29, 1.82) is 0 Å². The highest BCUT2D eigenvalue weighted by molar-refractivity contribution is 9.10. The van der Waals surface area contributed by atoms with Crippen LogP contribution in [0.1, 0.15) is 36.2 Å². The zero-order valence-electron chi connectivity index (χ0n) is 16.5. The maximum absolute atomic E-state index is 6.05. The van der Waals surface area contributed by atoms with Crippen molar-refractivity contribution in [1.82, 2.24) is 15.0 Å². The van der Waals surface area contributed by atoms with Gasteiger partial charge in [0.05, 0.1) is 22.4 Å². The van der Waals surface area contributed by atoms with E-state index in [1.54, 1.807) is 29.4 Å². The molecule has 0 fully saturated rings. The van der Waals surface area contributed by atoms with Crippen molar-refractivity contribution in [2.45, 2.75) is 50.2 Å². The van der Waals surface area contributed by atoms with Gasteiger partial charge in [0, 0.05) is 33.3 Å². The highest BCUT2D eigenvalue weighted by Crippen LogP contribution is 2.42. The predicted octanol–water partition coefficient (Wildman–Crippen LogP) is 6.45. The third kappa shape index (κ3) is 3.58. The number of rotatable bonds is 3. The van der Waals surface area contributed by atoms with Gasteiger partial charge < -0.3 is 4.74 Å². The summed E-state index contributed by atoms with van der Waals surface area (Å²) in [5, 5.41) is 2.22. The molecule has 29 heavy (non-hydrogen) atoms. The Morgan fingerprint density at radius 1 is 1.17 bits per heavy atom. The number of pyridine rings is 1. The molecule has 1 aliphatic heterocycles. The van der Waals surface area contributed by atoms with Crippen molar-refractivity contribution in [3.8, 4) is 0 Å². The van der Waals surface area contributed by atoms with E-state index in [9.17, 15) is 0 Å². The molecule has 0 bridgehead atoms. The van der Waals surface area contributed by atoms with Gasteiger partial charge in [-0.2, -0.15) is 0 Å². The van der Waals surface area contributed by atoms with E-state index >= 15 is 0 Å². The molecule has 0 radical (unpaired) electrons. The Hall–Kier alpha value is -1.54. The first-order valence-electron chi connectivity index (χ1n) is 9.48. The molecule has 148 valence electrons. The normalized spacial score (nSPS) is 15.7. The van der Waals surface area contributed by atoms with Crippen molar-refractivity contribution in [3.63, 3.8) is 0 Å². The summed E-state index contributed by atoms with van der Waals surface area (Å²) in [6.07, 6.45) is 2.56. The number of aryl methyl sites for hydroxylation is 1. The largest absolute Gasteiger partial charge is 0.370 e. The number of aromatic nitrogens is 3. The van der Waals surface area contributed by atoms with Crippen molar-refractivity contribution in [2.75, 3.05) is 0 Å². The summed E-state index contributed by atoms with van der Waals surface area (Å²) in [5.41, 5.74) is 5.76. The fourth-order valence-corrected chi connectivity index (χ4v) is 6.28. The van der Waals surface area contributed by atoms with E-state index in [4.69, 9.17) is 9.72 Å². The van der Waals surface area contributed by atoms with Crippen LogP contribution in [0.4, 0.5) is 0 Å². The van der Waals surface area contributed by atoms with Crippen LogP contribution in [0.3, 0.4) is 0 Å². The summed E-state index contributed by atoms with van der Waals surface area (Å²) in [6.45, 7) is 7.01. The van der Waals surface area contributed by atoms with Gasteiger partial charge in [-0.25, -0.2) is 15.0 Å². The Balaban J connectivity index is 1.61. The highest BCUT2D eigenvalue weighted by Gasteiger charge is 2.30. The Labute approximate surface area is 186 Å². The van der Waals surface area contributed by atoms with Crippen molar-refractivity contribution in [2.24, 2.45) is 0 Å². The highest BCUT2D eigenvalue weighted by atomic mass is 79.9. The van der Waals surface area contributed by atoms with Gasteiger partial charge in [0.2, 0.25) is 0 Å². The lowest BCUT2D eigenvalue weighted by molar-refractivity contribution is -0.0400. The van der Waals surface area contributed by atoms with Crippen LogP contribution >= 0.6 is 39.0 Å². The number of benzene rings is 1. The van der Waals surface area contributed by atoms with E-state index in [2.05, 4.69) is 70.9 Å². The molecule has 4 nitrogen and oxygen atoms in total. The molecule has 0 N–H and O–H groups in total. The van der Waals surface area contributed by atoms with Gasteiger partial charge in [-0.3, -0.25) is 0 Å². The summed E-state index contributed by atoms with van der Waals surface area (Å²) in [4.78, 5) is 15.2. The molecule has 1 aliphatic rings. The maximum Gasteiger partial charge on any atom is 0.126 e. The first kappa shape index (κ1) is 19.4. The Bertz CT molecular complexity index is 1230. The van der Waals surface area contributed by atoms with Crippen LogP contribution in [0.25, 0.3) is 20.4 Å². The third-order valence-electron chi connectivity index (χ3n) is 5.29. The molecule has 4 heterocycles. The lowest BCUT2D eigenvalue weighted by atomic mass is 9.89. The number of hydrogen-bond acceptors (Lipinski definition) is 6. The standard InChI is InChI=1S/C22H20BrN3OS2/c1-12-16-9-27-22(2,3)8-15(16)17-18-19(29-20(17)26-12)21(25-11-24-18)28-10-13-4-6-14(23)7-5-13/h4-7,11H,8-10H2,1-3H3. The molecule has 0 saturated heterocycles. The topological polar surface area (TPSA) is 47.9 Å². The van der Waals surface area contributed by atoms with Crippen molar-refractivity contribution < 1.29 is 4.74 Å². The van der Waals surface area contributed by atoms with Crippen LogP contribution in [-0.4, -0.2) is 20.6 Å². The van der Waals surface area contributed by atoms with Crippen LogP contribution in [-0.2, 0) is 23.5 Å². The van der Waals surface area contributed by atoms with E-state index in [0.717, 1.165) is 42.4 Å². The van der Waals surface area contributed by atoms with Crippen LogP contribution in [0, 0.1) is 6.92 Å². The minimum atomic E-state index is -0.172. The predicted molar refractivity (Wildman–Crippen MR) is 124 cm³/mol. The average Bonchev–Trinajstić information content (AvgIpc) is 3.05. The average molecular weight is 486 g/mol. The first-order chi connectivity index (χ1) is 13.9. The molecule has 7 heteroatoms. The van der Waals surface area contributed by atoms with Crippen molar-refractivity contribution >= 4 is 59.5 Å². The molecule has 3 aromatic heterocycles. The number of thiophene rings is 1. The summed E-state index contributed by atoms with van der Waals surface area (Å²) in [5.74, 6) is 0.874. The summed E-state index contributed by atoms with van der Waals surface area (Å²) >= 11 is 6.96. The van der Waals surface area contributed by atoms with E-state index in [0.29, 0.717) is 6.61 Å². The Kier molecular flexibility index (Phi) is 4.89. The number of ether oxygens (including phenoxy) is 1. The molecule has 0 aliphatic carbocycles. The van der Waals surface area contributed by atoms with Gasteiger partial charge in [0.1, 0.15) is 16.2 Å². The van der Waals surface area contributed by atoms with E-state index < -0.39 is 0 Å². The second-order valence-electron chi connectivity index (χ2n) is 7.93. The number of hydrogen-bond donors (Lipinski definition) is 0. The molecule has 0 spiro atoms. The van der Waals surface area contributed by atoms with Crippen LogP contribution in [0.15, 0.2) is 40.1 Å². The summed E-state index contributed by atoms with van der Waals surface area (Å²) in [6, 6.07) is 8.44. The van der Waals surface area contributed by atoms with Crippen molar-refractivity contribution in [3.05, 3.63) is 57.4 Å². The van der Waals surface area contributed by atoms with Gasteiger partial charge >= 0.3 is 0 Å². The molecule has 5 rings (SSSR count). The molecular formula is C22H20BrN3OS2. The fraction of sp³-hybridized carbons (Fsp3) is 0.318. The second-order valence-corrected chi connectivity index (χ2v) is 10.8.